The second-order valence-corrected chi connectivity index (χ2v) is 5.80. The normalized spacial score (nSPS) is 10.2. The summed E-state index contributed by atoms with van der Waals surface area (Å²) in [5.41, 5.74) is 5.10. The van der Waals surface area contributed by atoms with Crippen molar-refractivity contribution in [3.63, 3.8) is 0 Å². The molecule has 0 saturated carbocycles. The maximum Gasteiger partial charge on any atom is 0.217 e. The zero-order chi connectivity index (χ0) is 14.9. The number of unbranched alkanes of at least 4 members (excludes halogenated alkanes) is 11. The summed E-state index contributed by atoms with van der Waals surface area (Å²) in [6.07, 6.45) is 21.9. The molecular formula is C18H36ClNOZn. The molecule has 0 atom stereocenters. The van der Waals surface area contributed by atoms with Crippen LogP contribution < -0.4 is 5.73 Å². The summed E-state index contributed by atoms with van der Waals surface area (Å²) in [6, 6.07) is 0. The third kappa shape index (κ3) is 25.1. The van der Waals surface area contributed by atoms with E-state index in [1.54, 1.807) is 0 Å². The molecule has 0 rings (SSSR count). The first-order chi connectivity index (χ1) is 9.77. The summed E-state index contributed by atoms with van der Waals surface area (Å²) in [4.78, 5) is 10.5. The summed E-state index contributed by atoms with van der Waals surface area (Å²) in [5.74, 6) is -0.164. The fraction of sp³-hybridized carbons (Fsp3) is 0.833. The van der Waals surface area contributed by atoms with E-state index in [4.69, 9.17) is 5.73 Å². The summed E-state index contributed by atoms with van der Waals surface area (Å²) in [7, 11) is 0. The van der Waals surface area contributed by atoms with Crippen LogP contribution in [0.15, 0.2) is 12.2 Å². The summed E-state index contributed by atoms with van der Waals surface area (Å²) >= 11 is 0. The van der Waals surface area contributed by atoms with E-state index in [1.807, 2.05) is 0 Å². The van der Waals surface area contributed by atoms with Gasteiger partial charge in [0, 0.05) is 25.9 Å². The van der Waals surface area contributed by atoms with Gasteiger partial charge in [0.25, 0.3) is 0 Å². The van der Waals surface area contributed by atoms with E-state index in [1.165, 1.54) is 70.6 Å². The predicted octanol–water partition coefficient (Wildman–Crippen LogP) is 5.93. The number of amides is 1. The number of carbonyl (C=O) groups excluding carboxylic acids is 1. The topological polar surface area (TPSA) is 43.1 Å². The molecule has 0 aromatic rings. The molecule has 0 saturated heterocycles. The largest absolute Gasteiger partial charge is 0.370 e. The molecule has 22 heavy (non-hydrogen) atoms. The van der Waals surface area contributed by atoms with Crippen LogP contribution in [0, 0.1) is 0 Å². The minimum Gasteiger partial charge on any atom is -0.370 e. The number of hydrogen-bond donors (Lipinski definition) is 1. The molecule has 0 aliphatic rings. The Labute approximate surface area is 157 Å². The Hall–Kier alpha value is 0.123. The Morgan fingerprint density at radius 3 is 1.64 bits per heavy atom. The molecule has 4 heteroatoms. The Kier molecular flexibility index (Phi) is 28.7. The second kappa shape index (κ2) is 23.4. The van der Waals surface area contributed by atoms with Gasteiger partial charge in [-0.1, -0.05) is 70.4 Å². The van der Waals surface area contributed by atoms with Gasteiger partial charge in [-0.15, -0.1) is 12.4 Å². The van der Waals surface area contributed by atoms with Crippen molar-refractivity contribution >= 4 is 18.3 Å². The molecule has 0 fully saturated rings. The van der Waals surface area contributed by atoms with Gasteiger partial charge in [0.15, 0.2) is 0 Å². The van der Waals surface area contributed by atoms with Crippen LogP contribution in [-0.4, -0.2) is 5.91 Å². The average molecular weight is 383 g/mol. The first-order valence-electron chi connectivity index (χ1n) is 8.70. The van der Waals surface area contributed by atoms with Gasteiger partial charge in [0.05, 0.1) is 0 Å². The van der Waals surface area contributed by atoms with E-state index in [0.29, 0.717) is 6.42 Å². The number of hydrogen-bond acceptors (Lipinski definition) is 1. The molecule has 2 nitrogen and oxygen atoms in total. The third-order valence-corrected chi connectivity index (χ3v) is 3.68. The Bertz CT molecular complexity index is 247. The molecule has 0 spiro atoms. The first-order valence-corrected chi connectivity index (χ1v) is 8.70. The molecule has 0 aliphatic carbocycles. The van der Waals surface area contributed by atoms with E-state index in [9.17, 15) is 4.79 Å². The van der Waals surface area contributed by atoms with Crippen LogP contribution in [-0.2, 0) is 24.3 Å². The van der Waals surface area contributed by atoms with Crippen molar-refractivity contribution in [2.75, 3.05) is 0 Å². The summed E-state index contributed by atoms with van der Waals surface area (Å²) in [5, 5.41) is 0. The number of nitrogens with two attached hydrogens (primary N) is 1. The Morgan fingerprint density at radius 2 is 1.18 bits per heavy atom. The van der Waals surface area contributed by atoms with Gasteiger partial charge in [-0.3, -0.25) is 4.79 Å². The summed E-state index contributed by atoms with van der Waals surface area (Å²) < 4.78 is 0. The number of primary amides is 1. The molecule has 0 aliphatic heterocycles. The van der Waals surface area contributed by atoms with Crippen molar-refractivity contribution in [2.45, 2.75) is 96.8 Å². The number of halogens is 1. The van der Waals surface area contributed by atoms with Crippen LogP contribution in [0.1, 0.15) is 96.8 Å². The van der Waals surface area contributed by atoms with Gasteiger partial charge in [0.1, 0.15) is 0 Å². The van der Waals surface area contributed by atoms with Gasteiger partial charge in [-0.2, -0.15) is 0 Å². The molecule has 0 heterocycles. The smallest absolute Gasteiger partial charge is 0.217 e. The van der Waals surface area contributed by atoms with Crippen LogP contribution in [0.5, 0.6) is 0 Å². The molecule has 0 aromatic carbocycles. The maximum absolute atomic E-state index is 10.5. The maximum atomic E-state index is 10.5. The van der Waals surface area contributed by atoms with Crippen molar-refractivity contribution in [1.82, 2.24) is 0 Å². The van der Waals surface area contributed by atoms with Crippen LogP contribution in [0.25, 0.3) is 0 Å². The van der Waals surface area contributed by atoms with E-state index in [0.717, 1.165) is 12.8 Å². The van der Waals surface area contributed by atoms with Gasteiger partial charge < -0.3 is 5.73 Å². The number of rotatable bonds is 15. The monoisotopic (exact) mass is 381 g/mol. The molecule has 0 radical (unpaired) electrons. The Morgan fingerprint density at radius 1 is 0.773 bits per heavy atom. The van der Waals surface area contributed by atoms with Gasteiger partial charge in [0.2, 0.25) is 5.91 Å². The third-order valence-electron chi connectivity index (χ3n) is 3.68. The van der Waals surface area contributed by atoms with Crippen LogP contribution in [0.3, 0.4) is 0 Å². The zero-order valence-corrected chi connectivity index (χ0v) is 18.4. The average Bonchev–Trinajstić information content (AvgIpc) is 2.43. The van der Waals surface area contributed by atoms with Crippen LogP contribution in [0.2, 0.25) is 0 Å². The molecule has 0 aromatic heterocycles. The summed E-state index contributed by atoms with van der Waals surface area (Å²) in [6.45, 7) is 2.26. The fourth-order valence-electron chi connectivity index (χ4n) is 2.37. The number of allylic oxidation sites excluding steroid dienone is 2. The molecule has 128 valence electrons. The minimum absolute atomic E-state index is 0. The predicted molar refractivity (Wildman–Crippen MR) is 95.9 cm³/mol. The van der Waals surface area contributed by atoms with E-state index < -0.39 is 0 Å². The van der Waals surface area contributed by atoms with E-state index in [2.05, 4.69) is 19.1 Å². The van der Waals surface area contributed by atoms with Gasteiger partial charge >= 0.3 is 0 Å². The van der Waals surface area contributed by atoms with Crippen LogP contribution >= 0.6 is 12.4 Å². The SMILES string of the molecule is CCCCCCCC/C=C\CCCCCCCC(N)=O.Cl.[Zn]. The zero-order valence-electron chi connectivity index (χ0n) is 14.7. The number of carbonyl (C=O) groups is 1. The quantitative estimate of drug-likeness (QED) is 0.213. The van der Waals surface area contributed by atoms with Crippen LogP contribution in [0.4, 0.5) is 0 Å². The van der Waals surface area contributed by atoms with E-state index in [-0.39, 0.29) is 37.8 Å². The first kappa shape index (κ1) is 27.0. The van der Waals surface area contributed by atoms with E-state index >= 15 is 0 Å². The molecule has 0 unspecified atom stereocenters. The van der Waals surface area contributed by atoms with Crippen molar-refractivity contribution in [3.05, 3.63) is 12.2 Å². The molecule has 1 amide bonds. The standard InChI is InChI=1S/C18H35NO.ClH.Zn/c1-2-3-4-5-6-7-8-9-10-11-12-13-14-15-16-17-18(19)20;;/h9-10H,2-8,11-17H2,1H3,(H2,19,20);1H;/b10-9-;;. The van der Waals surface area contributed by atoms with Crippen molar-refractivity contribution < 1.29 is 24.3 Å². The van der Waals surface area contributed by atoms with Crippen molar-refractivity contribution in [1.29, 1.82) is 0 Å². The second-order valence-electron chi connectivity index (χ2n) is 5.80. The molecular weight excluding hydrogens is 347 g/mol. The fourth-order valence-corrected chi connectivity index (χ4v) is 2.37. The minimum atomic E-state index is -0.164. The van der Waals surface area contributed by atoms with Crippen molar-refractivity contribution in [3.8, 4) is 0 Å². The molecule has 2 N–H and O–H groups in total. The Balaban J connectivity index is -0.00000180. The van der Waals surface area contributed by atoms with Gasteiger partial charge in [-0.25, -0.2) is 0 Å². The van der Waals surface area contributed by atoms with Crippen molar-refractivity contribution in [2.24, 2.45) is 5.73 Å². The van der Waals surface area contributed by atoms with Gasteiger partial charge in [-0.05, 0) is 32.1 Å². The molecule has 0 bridgehead atoms.